The van der Waals surface area contributed by atoms with E-state index in [0.29, 0.717) is 5.69 Å². The average Bonchev–Trinajstić information content (AvgIpc) is 2.68. The van der Waals surface area contributed by atoms with Crippen molar-refractivity contribution in [3.8, 4) is 0 Å². The van der Waals surface area contributed by atoms with Crippen LogP contribution in [-0.2, 0) is 10.0 Å². The Hall–Kier alpha value is -2.58. The molecule has 1 aliphatic heterocycles. The number of piperazine rings is 1. The Bertz CT molecular complexity index is 908. The van der Waals surface area contributed by atoms with E-state index in [-0.39, 0.29) is 16.1 Å². The van der Waals surface area contributed by atoms with Gasteiger partial charge in [0, 0.05) is 26.2 Å². The summed E-state index contributed by atoms with van der Waals surface area (Å²) >= 11 is 0. The SMILES string of the molecule is CCN1CCN(c2ccc(C(=O)O)cc2NS(=O)(=O)c2ccccc2)CC1. The van der Waals surface area contributed by atoms with Gasteiger partial charge in [0.15, 0.2) is 0 Å². The summed E-state index contributed by atoms with van der Waals surface area (Å²) in [5.74, 6) is -1.10. The highest BCUT2D eigenvalue weighted by Crippen LogP contribution is 2.30. The van der Waals surface area contributed by atoms with Gasteiger partial charge in [0.25, 0.3) is 10.0 Å². The van der Waals surface area contributed by atoms with E-state index in [4.69, 9.17) is 0 Å². The molecule has 0 bridgehead atoms. The molecule has 1 heterocycles. The second-order valence-corrected chi connectivity index (χ2v) is 8.06. The van der Waals surface area contributed by atoms with Crippen LogP contribution in [0.5, 0.6) is 0 Å². The number of nitrogens with one attached hydrogen (secondary N) is 1. The van der Waals surface area contributed by atoms with Crippen molar-refractivity contribution in [2.45, 2.75) is 11.8 Å². The normalized spacial score (nSPS) is 15.5. The molecule has 3 rings (SSSR count). The minimum absolute atomic E-state index is 0.0386. The first-order chi connectivity index (χ1) is 12.9. The number of hydrogen-bond donors (Lipinski definition) is 2. The fraction of sp³-hybridized carbons (Fsp3) is 0.316. The lowest BCUT2D eigenvalue weighted by Crippen LogP contribution is -2.46. The number of sulfonamides is 1. The monoisotopic (exact) mass is 389 g/mol. The van der Waals surface area contributed by atoms with Gasteiger partial charge in [-0.25, -0.2) is 13.2 Å². The number of likely N-dealkylation sites (N-methyl/N-ethyl adjacent to an activating group) is 1. The molecular formula is C19H23N3O4S. The molecule has 2 N–H and O–H groups in total. The molecular weight excluding hydrogens is 366 g/mol. The van der Waals surface area contributed by atoms with Gasteiger partial charge in [-0.2, -0.15) is 0 Å². The highest BCUT2D eigenvalue weighted by Gasteiger charge is 2.22. The molecule has 0 saturated carbocycles. The molecule has 1 saturated heterocycles. The third kappa shape index (κ3) is 4.40. The Morgan fingerprint density at radius 3 is 2.33 bits per heavy atom. The maximum Gasteiger partial charge on any atom is 0.335 e. The number of rotatable bonds is 6. The molecule has 0 amide bonds. The molecule has 0 aliphatic carbocycles. The molecule has 2 aromatic carbocycles. The van der Waals surface area contributed by atoms with Crippen molar-refractivity contribution >= 4 is 27.4 Å². The molecule has 144 valence electrons. The van der Waals surface area contributed by atoms with Gasteiger partial charge in [0.1, 0.15) is 0 Å². The van der Waals surface area contributed by atoms with E-state index in [1.165, 1.54) is 24.3 Å². The molecule has 0 aromatic heterocycles. The quantitative estimate of drug-likeness (QED) is 0.788. The zero-order chi connectivity index (χ0) is 19.4. The molecule has 1 aliphatic rings. The smallest absolute Gasteiger partial charge is 0.335 e. The molecule has 0 spiro atoms. The van der Waals surface area contributed by atoms with Crippen LogP contribution < -0.4 is 9.62 Å². The molecule has 0 unspecified atom stereocenters. The largest absolute Gasteiger partial charge is 0.478 e. The number of aromatic carboxylic acids is 1. The summed E-state index contributed by atoms with van der Waals surface area (Å²) in [6, 6.07) is 12.6. The van der Waals surface area contributed by atoms with Crippen molar-refractivity contribution < 1.29 is 18.3 Å². The third-order valence-corrected chi connectivity index (χ3v) is 6.08. The predicted octanol–water partition coefficient (Wildman–Crippen LogP) is 2.33. The van der Waals surface area contributed by atoms with Crippen molar-refractivity contribution in [3.05, 3.63) is 54.1 Å². The zero-order valence-electron chi connectivity index (χ0n) is 15.1. The van der Waals surface area contributed by atoms with Crippen molar-refractivity contribution in [1.29, 1.82) is 0 Å². The first-order valence-electron chi connectivity index (χ1n) is 8.83. The van der Waals surface area contributed by atoms with Crippen LogP contribution in [0.25, 0.3) is 0 Å². The minimum atomic E-state index is -3.81. The Labute approximate surface area is 159 Å². The van der Waals surface area contributed by atoms with Crippen LogP contribution in [0.4, 0.5) is 11.4 Å². The average molecular weight is 389 g/mol. The Morgan fingerprint density at radius 1 is 1.07 bits per heavy atom. The minimum Gasteiger partial charge on any atom is -0.478 e. The maximum atomic E-state index is 12.7. The van der Waals surface area contributed by atoms with Gasteiger partial charge in [0.05, 0.1) is 21.8 Å². The van der Waals surface area contributed by atoms with Gasteiger partial charge >= 0.3 is 5.97 Å². The summed E-state index contributed by atoms with van der Waals surface area (Å²) in [6.07, 6.45) is 0. The van der Waals surface area contributed by atoms with E-state index in [1.807, 2.05) is 0 Å². The van der Waals surface area contributed by atoms with Gasteiger partial charge in [0.2, 0.25) is 0 Å². The van der Waals surface area contributed by atoms with Crippen molar-refractivity contribution in [3.63, 3.8) is 0 Å². The van der Waals surface area contributed by atoms with E-state index in [2.05, 4.69) is 21.4 Å². The fourth-order valence-corrected chi connectivity index (χ4v) is 4.22. The molecule has 1 fully saturated rings. The van der Waals surface area contributed by atoms with Gasteiger partial charge < -0.3 is 14.9 Å². The molecule has 2 aromatic rings. The molecule has 0 atom stereocenters. The first kappa shape index (κ1) is 19.2. The third-order valence-electron chi connectivity index (χ3n) is 4.70. The predicted molar refractivity (Wildman–Crippen MR) is 105 cm³/mol. The van der Waals surface area contributed by atoms with Gasteiger partial charge in [-0.15, -0.1) is 0 Å². The Kier molecular flexibility index (Phi) is 5.67. The van der Waals surface area contributed by atoms with Crippen LogP contribution in [-0.4, -0.2) is 57.1 Å². The summed E-state index contributed by atoms with van der Waals surface area (Å²) in [6.45, 7) is 6.33. The number of benzene rings is 2. The van der Waals surface area contributed by atoms with E-state index in [1.54, 1.807) is 24.3 Å². The fourth-order valence-electron chi connectivity index (χ4n) is 3.13. The standard InChI is InChI=1S/C19H23N3O4S/c1-2-21-10-12-22(13-11-21)18-9-8-15(19(23)24)14-17(18)20-27(25,26)16-6-4-3-5-7-16/h3-9,14,20H,2,10-13H2,1H3,(H,23,24). The summed E-state index contributed by atoms with van der Waals surface area (Å²) in [4.78, 5) is 15.9. The van der Waals surface area contributed by atoms with Gasteiger partial charge in [-0.05, 0) is 36.9 Å². The van der Waals surface area contributed by atoms with Crippen LogP contribution in [0, 0.1) is 0 Å². The topological polar surface area (TPSA) is 89.9 Å². The number of carbonyl (C=O) groups is 1. The highest BCUT2D eigenvalue weighted by molar-refractivity contribution is 7.92. The van der Waals surface area contributed by atoms with E-state index in [0.717, 1.165) is 32.7 Å². The lowest BCUT2D eigenvalue weighted by Gasteiger charge is -2.36. The number of hydrogen-bond acceptors (Lipinski definition) is 5. The molecule has 0 radical (unpaired) electrons. The van der Waals surface area contributed by atoms with Crippen LogP contribution in [0.2, 0.25) is 0 Å². The Morgan fingerprint density at radius 2 is 1.74 bits per heavy atom. The lowest BCUT2D eigenvalue weighted by atomic mass is 10.1. The van der Waals surface area contributed by atoms with Crippen molar-refractivity contribution in [2.75, 3.05) is 42.3 Å². The van der Waals surface area contributed by atoms with Crippen LogP contribution >= 0.6 is 0 Å². The summed E-state index contributed by atoms with van der Waals surface area (Å²) in [5, 5.41) is 9.29. The van der Waals surface area contributed by atoms with Crippen LogP contribution in [0.1, 0.15) is 17.3 Å². The van der Waals surface area contributed by atoms with Crippen molar-refractivity contribution in [1.82, 2.24) is 4.90 Å². The number of nitrogens with zero attached hydrogens (tertiary/aromatic N) is 2. The number of carboxylic acid groups (broad SMARTS) is 1. The highest BCUT2D eigenvalue weighted by atomic mass is 32.2. The van der Waals surface area contributed by atoms with Gasteiger partial charge in [-0.1, -0.05) is 25.1 Å². The Balaban J connectivity index is 1.94. The van der Waals surface area contributed by atoms with Gasteiger partial charge in [-0.3, -0.25) is 4.72 Å². The summed E-state index contributed by atoms with van der Waals surface area (Å²) < 4.78 is 28.0. The zero-order valence-corrected chi connectivity index (χ0v) is 15.9. The maximum absolute atomic E-state index is 12.7. The van der Waals surface area contributed by atoms with Crippen LogP contribution in [0.3, 0.4) is 0 Å². The lowest BCUT2D eigenvalue weighted by molar-refractivity contribution is 0.0697. The van der Waals surface area contributed by atoms with E-state index >= 15 is 0 Å². The summed E-state index contributed by atoms with van der Waals surface area (Å²) in [5.41, 5.74) is 1.01. The molecule has 7 nitrogen and oxygen atoms in total. The number of carboxylic acids is 1. The molecule has 8 heteroatoms. The van der Waals surface area contributed by atoms with Crippen molar-refractivity contribution in [2.24, 2.45) is 0 Å². The summed E-state index contributed by atoms with van der Waals surface area (Å²) in [7, 11) is -3.81. The van der Waals surface area contributed by atoms with Crippen LogP contribution in [0.15, 0.2) is 53.4 Å². The van der Waals surface area contributed by atoms with E-state index < -0.39 is 16.0 Å². The molecule has 27 heavy (non-hydrogen) atoms. The number of anilines is 2. The van der Waals surface area contributed by atoms with E-state index in [9.17, 15) is 18.3 Å². The second kappa shape index (κ2) is 7.98. The second-order valence-electron chi connectivity index (χ2n) is 6.38. The first-order valence-corrected chi connectivity index (χ1v) is 10.3.